The molecule has 1 heterocycles. The topological polar surface area (TPSA) is 90.9 Å². The second-order valence-corrected chi connectivity index (χ2v) is 6.18. The third kappa shape index (κ3) is 4.02. The van der Waals surface area contributed by atoms with Gasteiger partial charge in [0.15, 0.2) is 0 Å². The highest BCUT2D eigenvalue weighted by Crippen LogP contribution is 2.34. The number of hydrogen-bond acceptors (Lipinski definition) is 7. The zero-order valence-electron chi connectivity index (χ0n) is 14.9. The van der Waals surface area contributed by atoms with Gasteiger partial charge in [-0.15, -0.1) is 11.3 Å². The van der Waals surface area contributed by atoms with Crippen molar-refractivity contribution in [3.05, 3.63) is 45.8 Å². The van der Waals surface area contributed by atoms with E-state index in [1.165, 1.54) is 14.2 Å². The molecule has 1 aromatic carbocycles. The van der Waals surface area contributed by atoms with E-state index in [0.717, 1.165) is 11.3 Å². The van der Waals surface area contributed by atoms with E-state index < -0.39 is 17.8 Å². The standard InChI is InChI=1S/C18H19NO6S/c1-5-25-17(21)13-10(2)14(18(22)24-4)26-16(13)19-15(20)11-6-8-12(23-3)9-7-11/h6-9H,5H2,1-4H3,(H,19,20). The minimum atomic E-state index is -0.610. The number of anilines is 1. The van der Waals surface area contributed by atoms with Crippen LogP contribution in [0.2, 0.25) is 0 Å². The monoisotopic (exact) mass is 377 g/mol. The third-order valence-electron chi connectivity index (χ3n) is 3.58. The number of carbonyl (C=O) groups is 3. The normalized spacial score (nSPS) is 10.2. The van der Waals surface area contributed by atoms with Gasteiger partial charge in [0.25, 0.3) is 5.91 Å². The van der Waals surface area contributed by atoms with Crippen molar-refractivity contribution < 1.29 is 28.6 Å². The maximum Gasteiger partial charge on any atom is 0.348 e. The van der Waals surface area contributed by atoms with Crippen molar-refractivity contribution >= 4 is 34.2 Å². The average Bonchev–Trinajstić information content (AvgIpc) is 2.97. The molecule has 1 N–H and O–H groups in total. The van der Waals surface area contributed by atoms with Gasteiger partial charge in [0.2, 0.25) is 0 Å². The summed E-state index contributed by atoms with van der Waals surface area (Å²) in [7, 11) is 2.78. The zero-order valence-corrected chi connectivity index (χ0v) is 15.7. The summed E-state index contributed by atoms with van der Waals surface area (Å²) in [6.45, 7) is 3.46. The van der Waals surface area contributed by atoms with Gasteiger partial charge in [0.05, 0.1) is 26.4 Å². The maximum absolute atomic E-state index is 12.5. The molecule has 1 aromatic heterocycles. The summed E-state index contributed by atoms with van der Waals surface area (Å²) < 4.78 is 14.8. The molecule has 0 radical (unpaired) electrons. The molecule has 1 amide bonds. The molecule has 0 bridgehead atoms. The molecule has 0 atom stereocenters. The summed E-state index contributed by atoms with van der Waals surface area (Å²) in [6.07, 6.45) is 0. The molecule has 2 rings (SSSR count). The van der Waals surface area contributed by atoms with Crippen LogP contribution in [0, 0.1) is 6.92 Å². The minimum Gasteiger partial charge on any atom is -0.497 e. The highest BCUT2D eigenvalue weighted by atomic mass is 32.1. The number of thiophene rings is 1. The number of hydrogen-bond donors (Lipinski definition) is 1. The van der Waals surface area contributed by atoms with Gasteiger partial charge >= 0.3 is 11.9 Å². The number of esters is 2. The first-order chi connectivity index (χ1) is 12.4. The van der Waals surface area contributed by atoms with Crippen LogP contribution in [0.15, 0.2) is 24.3 Å². The Morgan fingerprint density at radius 3 is 2.27 bits per heavy atom. The lowest BCUT2D eigenvalue weighted by molar-refractivity contribution is 0.0527. The SMILES string of the molecule is CCOC(=O)c1c(NC(=O)c2ccc(OC)cc2)sc(C(=O)OC)c1C. The second-order valence-electron chi connectivity index (χ2n) is 5.15. The Labute approximate surface area is 154 Å². The lowest BCUT2D eigenvalue weighted by Crippen LogP contribution is -2.14. The number of rotatable bonds is 6. The number of amides is 1. The Hall–Kier alpha value is -2.87. The van der Waals surface area contributed by atoms with Gasteiger partial charge in [-0.2, -0.15) is 0 Å². The second kappa shape index (κ2) is 8.48. The zero-order chi connectivity index (χ0) is 19.3. The van der Waals surface area contributed by atoms with E-state index >= 15 is 0 Å². The van der Waals surface area contributed by atoms with Crippen molar-refractivity contribution in [2.24, 2.45) is 0 Å². The largest absolute Gasteiger partial charge is 0.497 e. The van der Waals surface area contributed by atoms with E-state index in [4.69, 9.17) is 14.2 Å². The van der Waals surface area contributed by atoms with Crippen molar-refractivity contribution in [1.29, 1.82) is 0 Å². The molecule has 138 valence electrons. The maximum atomic E-state index is 12.5. The fourth-order valence-corrected chi connectivity index (χ4v) is 3.36. The Balaban J connectivity index is 2.38. The smallest absolute Gasteiger partial charge is 0.348 e. The van der Waals surface area contributed by atoms with Crippen LogP contribution in [0.1, 0.15) is 42.9 Å². The van der Waals surface area contributed by atoms with E-state index in [2.05, 4.69) is 5.32 Å². The first-order valence-corrected chi connectivity index (χ1v) is 8.58. The molecule has 0 spiro atoms. The van der Waals surface area contributed by atoms with Crippen LogP contribution < -0.4 is 10.1 Å². The van der Waals surface area contributed by atoms with Crippen LogP contribution in [-0.2, 0) is 9.47 Å². The summed E-state index contributed by atoms with van der Waals surface area (Å²) in [5.41, 5.74) is 0.940. The van der Waals surface area contributed by atoms with E-state index in [0.29, 0.717) is 16.9 Å². The molecule has 2 aromatic rings. The molecule has 0 aliphatic heterocycles. The fraction of sp³-hybridized carbons (Fsp3) is 0.278. The van der Waals surface area contributed by atoms with Gasteiger partial charge in [-0.1, -0.05) is 0 Å². The number of methoxy groups -OCH3 is 2. The van der Waals surface area contributed by atoms with Crippen molar-refractivity contribution in [2.75, 3.05) is 26.1 Å². The van der Waals surface area contributed by atoms with Crippen molar-refractivity contribution in [1.82, 2.24) is 0 Å². The van der Waals surface area contributed by atoms with E-state index in [1.54, 1.807) is 38.1 Å². The van der Waals surface area contributed by atoms with Crippen molar-refractivity contribution in [3.63, 3.8) is 0 Å². The van der Waals surface area contributed by atoms with E-state index in [1.807, 2.05) is 0 Å². The van der Waals surface area contributed by atoms with Crippen LogP contribution in [-0.4, -0.2) is 38.7 Å². The highest BCUT2D eigenvalue weighted by molar-refractivity contribution is 7.18. The first kappa shape index (κ1) is 19.5. The number of carbonyl (C=O) groups excluding carboxylic acids is 3. The molecule has 0 aliphatic carbocycles. The quantitative estimate of drug-likeness (QED) is 0.777. The predicted molar refractivity (Wildman–Crippen MR) is 97.3 cm³/mol. The molecule has 0 saturated heterocycles. The molecular weight excluding hydrogens is 358 g/mol. The molecule has 26 heavy (non-hydrogen) atoms. The summed E-state index contributed by atoms with van der Waals surface area (Å²) in [6, 6.07) is 6.50. The summed E-state index contributed by atoms with van der Waals surface area (Å²) in [5.74, 6) is -0.992. The molecular formula is C18H19NO6S. The molecule has 8 heteroatoms. The fourth-order valence-electron chi connectivity index (χ4n) is 2.26. The summed E-state index contributed by atoms with van der Waals surface area (Å²) in [4.78, 5) is 36.9. The molecule has 0 fully saturated rings. The van der Waals surface area contributed by atoms with Crippen LogP contribution in [0.3, 0.4) is 0 Å². The van der Waals surface area contributed by atoms with Gasteiger partial charge in [-0.25, -0.2) is 9.59 Å². The van der Waals surface area contributed by atoms with Gasteiger partial charge in [-0.05, 0) is 43.7 Å². The lowest BCUT2D eigenvalue weighted by atomic mass is 10.1. The molecule has 7 nitrogen and oxygen atoms in total. The van der Waals surface area contributed by atoms with Crippen molar-refractivity contribution in [3.8, 4) is 5.75 Å². The molecule has 0 aliphatic rings. The van der Waals surface area contributed by atoms with Crippen LogP contribution in [0.4, 0.5) is 5.00 Å². The van der Waals surface area contributed by atoms with Gasteiger partial charge in [0, 0.05) is 5.56 Å². The Bertz CT molecular complexity index is 825. The Kier molecular flexibility index (Phi) is 6.35. The number of benzene rings is 1. The lowest BCUT2D eigenvalue weighted by Gasteiger charge is -2.07. The first-order valence-electron chi connectivity index (χ1n) is 7.77. The summed E-state index contributed by atoms with van der Waals surface area (Å²) >= 11 is 0.972. The van der Waals surface area contributed by atoms with Gasteiger partial charge in [-0.3, -0.25) is 4.79 Å². The van der Waals surface area contributed by atoms with E-state index in [9.17, 15) is 14.4 Å². The van der Waals surface area contributed by atoms with Crippen LogP contribution in [0.5, 0.6) is 5.75 Å². The third-order valence-corrected chi connectivity index (χ3v) is 4.76. The number of nitrogens with one attached hydrogen (secondary N) is 1. The van der Waals surface area contributed by atoms with Gasteiger partial charge < -0.3 is 19.5 Å². The average molecular weight is 377 g/mol. The number of ether oxygens (including phenoxy) is 3. The highest BCUT2D eigenvalue weighted by Gasteiger charge is 2.27. The molecule has 0 saturated carbocycles. The minimum absolute atomic E-state index is 0.152. The Morgan fingerprint density at radius 1 is 1.08 bits per heavy atom. The van der Waals surface area contributed by atoms with Crippen molar-refractivity contribution in [2.45, 2.75) is 13.8 Å². The van der Waals surface area contributed by atoms with E-state index in [-0.39, 0.29) is 22.0 Å². The predicted octanol–water partition coefficient (Wildman–Crippen LogP) is 3.28. The summed E-state index contributed by atoms with van der Waals surface area (Å²) in [5, 5.41) is 2.91. The van der Waals surface area contributed by atoms with Crippen LogP contribution >= 0.6 is 11.3 Å². The van der Waals surface area contributed by atoms with Crippen LogP contribution in [0.25, 0.3) is 0 Å². The Morgan fingerprint density at radius 2 is 1.73 bits per heavy atom. The molecule has 0 unspecified atom stereocenters. The van der Waals surface area contributed by atoms with Gasteiger partial charge in [0.1, 0.15) is 15.6 Å².